The first-order valence-corrected chi connectivity index (χ1v) is 7.46. The molecule has 4 nitrogen and oxygen atoms in total. The van der Waals surface area contributed by atoms with Crippen molar-refractivity contribution < 1.29 is 14.7 Å². The number of benzene rings is 1. The number of hydrogen-bond acceptors (Lipinski definition) is 2. The molecule has 0 fully saturated rings. The molecule has 1 rings (SSSR count). The lowest BCUT2D eigenvalue weighted by Gasteiger charge is -2.16. The highest BCUT2D eigenvalue weighted by Crippen LogP contribution is 2.08. The number of aryl methyl sites for hydroxylation is 2. The Hall–Kier alpha value is -1.84. The molecule has 0 unspecified atom stereocenters. The quantitative estimate of drug-likeness (QED) is 0.774. The SMILES string of the molecule is Cc1ccc(CCCC(=O)N[C@@H](CC(C)C)C(=O)O)cc1. The van der Waals surface area contributed by atoms with Crippen LogP contribution in [0.15, 0.2) is 24.3 Å². The van der Waals surface area contributed by atoms with E-state index in [1.807, 2.05) is 20.8 Å². The summed E-state index contributed by atoms with van der Waals surface area (Å²) in [5.74, 6) is -0.912. The number of carboxylic acids is 1. The number of rotatable bonds is 8. The van der Waals surface area contributed by atoms with Crippen molar-refractivity contribution in [2.24, 2.45) is 5.92 Å². The lowest BCUT2D eigenvalue weighted by molar-refractivity contribution is -0.142. The Morgan fingerprint density at radius 3 is 2.33 bits per heavy atom. The second-order valence-corrected chi connectivity index (χ2v) is 5.93. The second kappa shape index (κ2) is 8.45. The van der Waals surface area contributed by atoms with Gasteiger partial charge in [0, 0.05) is 6.42 Å². The van der Waals surface area contributed by atoms with E-state index in [1.54, 1.807) is 0 Å². The molecule has 1 aromatic rings. The van der Waals surface area contributed by atoms with Gasteiger partial charge in [-0.25, -0.2) is 4.79 Å². The summed E-state index contributed by atoms with van der Waals surface area (Å²) in [5, 5.41) is 11.7. The van der Waals surface area contributed by atoms with Crippen molar-refractivity contribution in [1.29, 1.82) is 0 Å². The molecule has 0 aromatic heterocycles. The Labute approximate surface area is 126 Å². The molecule has 0 saturated heterocycles. The average Bonchev–Trinajstić information content (AvgIpc) is 2.39. The molecule has 0 heterocycles. The molecular formula is C17H25NO3. The van der Waals surface area contributed by atoms with Crippen LogP contribution in [-0.2, 0) is 16.0 Å². The lowest BCUT2D eigenvalue weighted by atomic mass is 10.0. The molecule has 21 heavy (non-hydrogen) atoms. The monoisotopic (exact) mass is 291 g/mol. The van der Waals surface area contributed by atoms with E-state index in [-0.39, 0.29) is 11.8 Å². The van der Waals surface area contributed by atoms with E-state index in [0.29, 0.717) is 12.8 Å². The van der Waals surface area contributed by atoms with Crippen LogP contribution >= 0.6 is 0 Å². The number of amides is 1. The zero-order chi connectivity index (χ0) is 15.8. The van der Waals surface area contributed by atoms with Gasteiger partial charge >= 0.3 is 5.97 Å². The van der Waals surface area contributed by atoms with Crippen molar-refractivity contribution in [3.8, 4) is 0 Å². The van der Waals surface area contributed by atoms with Gasteiger partial charge in [-0.15, -0.1) is 0 Å². The first-order chi connectivity index (χ1) is 9.88. The first kappa shape index (κ1) is 17.2. The number of carbonyl (C=O) groups is 2. The number of carboxylic acid groups (broad SMARTS) is 1. The molecule has 4 heteroatoms. The van der Waals surface area contributed by atoms with Gasteiger partial charge in [0.05, 0.1) is 0 Å². The Morgan fingerprint density at radius 1 is 1.19 bits per heavy atom. The standard InChI is InChI=1S/C17H25NO3/c1-12(2)11-15(17(20)21)18-16(19)6-4-5-14-9-7-13(3)8-10-14/h7-10,12,15H,4-6,11H2,1-3H3,(H,18,19)(H,20,21)/t15-/m0/s1. The topological polar surface area (TPSA) is 66.4 Å². The molecule has 0 spiro atoms. The van der Waals surface area contributed by atoms with Gasteiger partial charge in [0.2, 0.25) is 5.91 Å². The fourth-order valence-corrected chi connectivity index (χ4v) is 2.17. The number of hydrogen-bond donors (Lipinski definition) is 2. The summed E-state index contributed by atoms with van der Waals surface area (Å²) in [6.45, 7) is 5.93. The molecule has 0 bridgehead atoms. The summed E-state index contributed by atoms with van der Waals surface area (Å²) >= 11 is 0. The maximum atomic E-state index is 11.8. The largest absolute Gasteiger partial charge is 0.480 e. The van der Waals surface area contributed by atoms with Crippen molar-refractivity contribution in [3.63, 3.8) is 0 Å². The minimum atomic E-state index is -0.962. The Balaban J connectivity index is 2.35. The summed E-state index contributed by atoms with van der Waals surface area (Å²) in [5.41, 5.74) is 2.42. The van der Waals surface area contributed by atoms with Gasteiger partial charge in [0.25, 0.3) is 0 Å². The van der Waals surface area contributed by atoms with Crippen molar-refractivity contribution >= 4 is 11.9 Å². The van der Waals surface area contributed by atoms with Crippen molar-refractivity contribution in [3.05, 3.63) is 35.4 Å². The summed E-state index contributed by atoms with van der Waals surface area (Å²) in [6, 6.07) is 7.45. The molecule has 1 amide bonds. The Morgan fingerprint density at radius 2 is 1.81 bits per heavy atom. The van der Waals surface area contributed by atoms with Crippen LogP contribution in [0.2, 0.25) is 0 Å². The Bertz CT molecular complexity index is 465. The third-order valence-corrected chi connectivity index (χ3v) is 3.33. The van der Waals surface area contributed by atoms with E-state index >= 15 is 0 Å². The number of carbonyl (C=O) groups excluding carboxylic acids is 1. The molecule has 0 radical (unpaired) electrons. The fraction of sp³-hybridized carbons (Fsp3) is 0.529. The number of nitrogens with one attached hydrogen (secondary N) is 1. The smallest absolute Gasteiger partial charge is 0.326 e. The normalized spacial score (nSPS) is 12.2. The van der Waals surface area contributed by atoms with Gasteiger partial charge in [-0.3, -0.25) is 4.79 Å². The summed E-state index contributed by atoms with van der Waals surface area (Å²) in [7, 11) is 0. The van der Waals surface area contributed by atoms with Gasteiger partial charge in [-0.2, -0.15) is 0 Å². The highest BCUT2D eigenvalue weighted by Gasteiger charge is 2.20. The summed E-state index contributed by atoms with van der Waals surface area (Å²) in [6.07, 6.45) is 2.37. The van der Waals surface area contributed by atoms with Crippen LogP contribution in [0.4, 0.5) is 0 Å². The molecule has 1 atom stereocenters. The van der Waals surface area contributed by atoms with E-state index < -0.39 is 12.0 Å². The van der Waals surface area contributed by atoms with Gasteiger partial charge in [-0.1, -0.05) is 43.7 Å². The average molecular weight is 291 g/mol. The highest BCUT2D eigenvalue weighted by molar-refractivity contribution is 5.83. The second-order valence-electron chi connectivity index (χ2n) is 5.93. The highest BCUT2D eigenvalue weighted by atomic mass is 16.4. The van der Waals surface area contributed by atoms with Gasteiger partial charge in [0.15, 0.2) is 0 Å². The number of aliphatic carboxylic acids is 1. The van der Waals surface area contributed by atoms with Crippen LogP contribution in [0.1, 0.15) is 44.2 Å². The van der Waals surface area contributed by atoms with E-state index in [9.17, 15) is 9.59 Å². The predicted octanol–water partition coefficient (Wildman–Crippen LogP) is 2.93. The zero-order valence-electron chi connectivity index (χ0n) is 13.1. The van der Waals surface area contributed by atoms with Gasteiger partial charge in [0.1, 0.15) is 6.04 Å². The van der Waals surface area contributed by atoms with Crippen LogP contribution in [0.25, 0.3) is 0 Å². The van der Waals surface area contributed by atoms with Crippen LogP contribution in [-0.4, -0.2) is 23.0 Å². The van der Waals surface area contributed by atoms with E-state index in [1.165, 1.54) is 11.1 Å². The fourth-order valence-electron chi connectivity index (χ4n) is 2.17. The van der Waals surface area contributed by atoms with Crippen molar-refractivity contribution in [2.45, 2.75) is 52.5 Å². The van der Waals surface area contributed by atoms with Crippen LogP contribution in [0, 0.1) is 12.8 Å². The Kier molecular flexibility index (Phi) is 6.92. The minimum absolute atomic E-state index is 0.185. The molecule has 1 aromatic carbocycles. The minimum Gasteiger partial charge on any atom is -0.480 e. The van der Waals surface area contributed by atoms with Crippen molar-refractivity contribution in [2.75, 3.05) is 0 Å². The van der Waals surface area contributed by atoms with E-state index in [0.717, 1.165) is 12.8 Å². The van der Waals surface area contributed by atoms with Crippen molar-refractivity contribution in [1.82, 2.24) is 5.32 Å². The van der Waals surface area contributed by atoms with Gasteiger partial charge < -0.3 is 10.4 Å². The van der Waals surface area contributed by atoms with Crippen LogP contribution in [0.3, 0.4) is 0 Å². The van der Waals surface area contributed by atoms with Gasteiger partial charge in [-0.05, 0) is 37.7 Å². The molecule has 116 valence electrons. The molecule has 0 aliphatic heterocycles. The molecule has 0 aliphatic carbocycles. The zero-order valence-corrected chi connectivity index (χ0v) is 13.1. The third kappa shape index (κ3) is 6.93. The summed E-state index contributed by atoms with van der Waals surface area (Å²) < 4.78 is 0. The third-order valence-electron chi connectivity index (χ3n) is 3.33. The predicted molar refractivity (Wildman–Crippen MR) is 83.1 cm³/mol. The maximum absolute atomic E-state index is 11.8. The lowest BCUT2D eigenvalue weighted by Crippen LogP contribution is -2.41. The summed E-state index contributed by atoms with van der Waals surface area (Å²) in [4.78, 5) is 22.9. The first-order valence-electron chi connectivity index (χ1n) is 7.46. The molecular weight excluding hydrogens is 266 g/mol. The molecule has 0 aliphatic rings. The van der Waals surface area contributed by atoms with Crippen LogP contribution < -0.4 is 5.32 Å². The molecule has 2 N–H and O–H groups in total. The maximum Gasteiger partial charge on any atom is 0.326 e. The van der Waals surface area contributed by atoms with E-state index in [2.05, 4.69) is 29.6 Å². The van der Waals surface area contributed by atoms with Crippen LogP contribution in [0.5, 0.6) is 0 Å². The molecule has 0 saturated carbocycles. The van der Waals surface area contributed by atoms with E-state index in [4.69, 9.17) is 5.11 Å².